The summed E-state index contributed by atoms with van der Waals surface area (Å²) < 4.78 is 6.48. The Kier molecular flexibility index (Phi) is 3.91. The predicted octanol–water partition coefficient (Wildman–Crippen LogP) is 1.77. The van der Waals surface area contributed by atoms with Crippen LogP contribution in [0.2, 0.25) is 0 Å². The lowest BCUT2D eigenvalue weighted by Crippen LogP contribution is -2.17. The molecule has 0 aliphatic carbocycles. The van der Waals surface area contributed by atoms with Gasteiger partial charge in [-0.25, -0.2) is 9.78 Å². The third kappa shape index (κ3) is 3.05. The Bertz CT molecular complexity index is 994. The van der Waals surface area contributed by atoms with Gasteiger partial charge in [-0.15, -0.1) is 0 Å². The summed E-state index contributed by atoms with van der Waals surface area (Å²) in [5, 5.41) is 18.9. The number of ether oxygens (including phenoxy) is 1. The van der Waals surface area contributed by atoms with E-state index in [0.717, 1.165) is 11.6 Å². The fraction of sp³-hybridized carbons (Fsp3) is 0.118. The number of aromatic nitrogens is 2. The van der Waals surface area contributed by atoms with Crippen LogP contribution in [0.1, 0.15) is 21.6 Å². The number of aromatic hydroxyl groups is 2. The van der Waals surface area contributed by atoms with Crippen molar-refractivity contribution in [1.82, 2.24) is 9.38 Å². The number of carbonyl (C=O) groups is 1. The Morgan fingerprint density at radius 1 is 1.21 bits per heavy atom. The summed E-state index contributed by atoms with van der Waals surface area (Å²) in [6, 6.07) is 8.37. The zero-order valence-corrected chi connectivity index (χ0v) is 12.8. The van der Waals surface area contributed by atoms with Crippen molar-refractivity contribution < 1.29 is 19.7 Å². The third-order valence-corrected chi connectivity index (χ3v) is 3.41. The molecule has 0 atom stereocenters. The van der Waals surface area contributed by atoms with Crippen molar-refractivity contribution in [2.75, 3.05) is 0 Å². The minimum atomic E-state index is -0.779. The normalized spacial score (nSPS) is 10.7. The van der Waals surface area contributed by atoms with E-state index in [1.54, 1.807) is 12.3 Å². The number of carbonyl (C=O) groups excluding carboxylic acids is 1. The molecule has 3 rings (SSSR count). The first-order chi connectivity index (χ1) is 11.4. The zero-order valence-electron chi connectivity index (χ0n) is 12.8. The number of pyridine rings is 1. The molecule has 2 aromatic heterocycles. The lowest BCUT2D eigenvalue weighted by Gasteiger charge is -2.07. The molecule has 24 heavy (non-hydrogen) atoms. The Balaban J connectivity index is 1.81. The molecule has 0 aliphatic heterocycles. The first-order valence-electron chi connectivity index (χ1n) is 7.12. The van der Waals surface area contributed by atoms with E-state index < -0.39 is 5.97 Å². The summed E-state index contributed by atoms with van der Waals surface area (Å²) in [4.78, 5) is 28.3. The standard InChI is InChI=1S/C17H14N2O5/c1-10-2-5-15-18-11(6-16(22)19(15)8-10)9-24-17(23)13-4-3-12(20)7-14(13)21/h2-8,20-21H,9H2,1H3. The van der Waals surface area contributed by atoms with Crippen molar-refractivity contribution in [3.05, 3.63) is 69.8 Å². The zero-order chi connectivity index (χ0) is 17.3. The summed E-state index contributed by atoms with van der Waals surface area (Å²) in [6.07, 6.45) is 1.68. The maximum absolute atomic E-state index is 12.1. The summed E-state index contributed by atoms with van der Waals surface area (Å²) in [5.74, 6) is -1.33. The van der Waals surface area contributed by atoms with E-state index in [1.807, 2.05) is 13.0 Å². The van der Waals surface area contributed by atoms with Crippen LogP contribution in [0.25, 0.3) is 5.65 Å². The molecule has 0 spiro atoms. The van der Waals surface area contributed by atoms with Crippen molar-refractivity contribution in [2.24, 2.45) is 0 Å². The smallest absolute Gasteiger partial charge is 0.342 e. The lowest BCUT2D eigenvalue weighted by atomic mass is 10.2. The number of fused-ring (bicyclic) bond motifs is 1. The Morgan fingerprint density at radius 3 is 2.75 bits per heavy atom. The average Bonchev–Trinajstić information content (AvgIpc) is 2.53. The summed E-state index contributed by atoms with van der Waals surface area (Å²) in [5.41, 5.74) is 1.32. The van der Waals surface area contributed by atoms with Crippen molar-refractivity contribution in [3.8, 4) is 11.5 Å². The molecule has 0 aliphatic rings. The number of hydrogen-bond donors (Lipinski definition) is 2. The van der Waals surface area contributed by atoms with E-state index in [-0.39, 0.29) is 29.2 Å². The molecular formula is C17H14N2O5. The highest BCUT2D eigenvalue weighted by atomic mass is 16.5. The van der Waals surface area contributed by atoms with E-state index in [1.165, 1.54) is 22.6 Å². The van der Waals surface area contributed by atoms with Crippen molar-refractivity contribution in [2.45, 2.75) is 13.5 Å². The van der Waals surface area contributed by atoms with Crippen LogP contribution in [-0.4, -0.2) is 25.6 Å². The molecule has 0 saturated heterocycles. The molecule has 0 unspecified atom stereocenters. The molecule has 0 saturated carbocycles. The van der Waals surface area contributed by atoms with Gasteiger partial charge in [-0.2, -0.15) is 0 Å². The van der Waals surface area contributed by atoms with Gasteiger partial charge in [-0.3, -0.25) is 9.20 Å². The fourth-order valence-corrected chi connectivity index (χ4v) is 2.24. The van der Waals surface area contributed by atoms with Gasteiger partial charge < -0.3 is 14.9 Å². The SMILES string of the molecule is Cc1ccc2nc(COC(=O)c3ccc(O)cc3O)cc(=O)n2c1. The maximum atomic E-state index is 12.1. The third-order valence-electron chi connectivity index (χ3n) is 3.41. The van der Waals surface area contributed by atoms with Crippen LogP contribution in [0, 0.1) is 6.92 Å². The number of rotatable bonds is 3. The van der Waals surface area contributed by atoms with Crippen molar-refractivity contribution in [3.63, 3.8) is 0 Å². The number of nitrogens with zero attached hydrogens (tertiary/aromatic N) is 2. The molecule has 2 N–H and O–H groups in total. The van der Waals surface area contributed by atoms with Gasteiger partial charge in [-0.05, 0) is 30.7 Å². The molecule has 1 aromatic carbocycles. The lowest BCUT2D eigenvalue weighted by molar-refractivity contribution is 0.0464. The molecule has 7 heteroatoms. The molecule has 0 fully saturated rings. The van der Waals surface area contributed by atoms with Gasteiger partial charge in [0.1, 0.15) is 29.3 Å². The first-order valence-corrected chi connectivity index (χ1v) is 7.12. The predicted molar refractivity (Wildman–Crippen MR) is 85.1 cm³/mol. The van der Waals surface area contributed by atoms with Gasteiger partial charge in [0.2, 0.25) is 0 Å². The molecule has 7 nitrogen and oxygen atoms in total. The minimum Gasteiger partial charge on any atom is -0.508 e. The topological polar surface area (TPSA) is 101 Å². The summed E-state index contributed by atoms with van der Waals surface area (Å²) in [7, 11) is 0. The van der Waals surface area contributed by atoms with E-state index in [9.17, 15) is 19.8 Å². The van der Waals surface area contributed by atoms with Crippen LogP contribution >= 0.6 is 0 Å². The van der Waals surface area contributed by atoms with Gasteiger partial charge in [-0.1, -0.05) is 6.07 Å². The van der Waals surface area contributed by atoms with E-state index in [4.69, 9.17) is 4.74 Å². The molecule has 3 aromatic rings. The largest absolute Gasteiger partial charge is 0.508 e. The van der Waals surface area contributed by atoms with Gasteiger partial charge in [0.15, 0.2) is 0 Å². The quantitative estimate of drug-likeness (QED) is 0.711. The van der Waals surface area contributed by atoms with E-state index in [0.29, 0.717) is 11.3 Å². The summed E-state index contributed by atoms with van der Waals surface area (Å²) in [6.45, 7) is 1.66. The highest BCUT2D eigenvalue weighted by molar-refractivity contribution is 5.92. The highest BCUT2D eigenvalue weighted by Crippen LogP contribution is 2.23. The fourth-order valence-electron chi connectivity index (χ4n) is 2.24. The Labute approximate surface area is 136 Å². The van der Waals surface area contributed by atoms with E-state index >= 15 is 0 Å². The van der Waals surface area contributed by atoms with Gasteiger partial charge in [0, 0.05) is 18.3 Å². The van der Waals surface area contributed by atoms with Crippen molar-refractivity contribution in [1.29, 1.82) is 0 Å². The second-order valence-corrected chi connectivity index (χ2v) is 5.30. The molecule has 0 radical (unpaired) electrons. The number of phenolic OH excluding ortho intramolecular Hbond substituents is 2. The number of benzene rings is 1. The summed E-state index contributed by atoms with van der Waals surface area (Å²) >= 11 is 0. The average molecular weight is 326 g/mol. The van der Waals surface area contributed by atoms with E-state index in [2.05, 4.69) is 4.98 Å². The molecule has 0 bridgehead atoms. The maximum Gasteiger partial charge on any atom is 0.342 e. The monoisotopic (exact) mass is 326 g/mol. The molecule has 122 valence electrons. The van der Waals surface area contributed by atoms with Crippen LogP contribution in [0.4, 0.5) is 0 Å². The second-order valence-electron chi connectivity index (χ2n) is 5.30. The van der Waals surface area contributed by atoms with Gasteiger partial charge in [0.25, 0.3) is 5.56 Å². The number of phenols is 2. The number of hydrogen-bond acceptors (Lipinski definition) is 6. The number of aryl methyl sites for hydroxylation is 1. The van der Waals surface area contributed by atoms with Crippen LogP contribution < -0.4 is 5.56 Å². The molecule has 0 amide bonds. The molecule has 2 heterocycles. The van der Waals surface area contributed by atoms with Crippen LogP contribution in [-0.2, 0) is 11.3 Å². The Hall–Kier alpha value is -3.35. The minimum absolute atomic E-state index is 0.0825. The second kappa shape index (κ2) is 6.04. The van der Waals surface area contributed by atoms with Crippen molar-refractivity contribution >= 4 is 11.6 Å². The molecular weight excluding hydrogens is 312 g/mol. The van der Waals surface area contributed by atoms with Crippen LogP contribution in [0.5, 0.6) is 11.5 Å². The van der Waals surface area contributed by atoms with Gasteiger partial charge >= 0.3 is 5.97 Å². The van der Waals surface area contributed by atoms with Crippen LogP contribution in [0.15, 0.2) is 47.4 Å². The van der Waals surface area contributed by atoms with Gasteiger partial charge in [0.05, 0.1) is 5.69 Å². The highest BCUT2D eigenvalue weighted by Gasteiger charge is 2.14. The van der Waals surface area contributed by atoms with Crippen LogP contribution in [0.3, 0.4) is 0 Å². The number of esters is 1. The first kappa shape index (κ1) is 15.5. The Morgan fingerprint density at radius 2 is 2.00 bits per heavy atom.